The quantitative estimate of drug-likeness (QED) is 0.667. The van der Waals surface area contributed by atoms with Gasteiger partial charge < -0.3 is 9.47 Å². The third kappa shape index (κ3) is 2.76. The molecule has 0 bridgehead atoms. The Balaban J connectivity index is 1.80. The first-order chi connectivity index (χ1) is 12.2. The summed E-state index contributed by atoms with van der Waals surface area (Å²) in [5.41, 5.74) is 3.81. The average molecular weight is 338 g/mol. The van der Waals surface area contributed by atoms with Crippen molar-refractivity contribution in [1.82, 2.24) is 18.9 Å². The monoisotopic (exact) mass is 338 g/mol. The zero-order valence-electron chi connectivity index (χ0n) is 15.2. The molecule has 5 nitrogen and oxygen atoms in total. The number of imidazole rings is 2. The number of hydrogen-bond donors (Lipinski definition) is 0. The highest BCUT2D eigenvalue weighted by Gasteiger charge is 2.22. The lowest BCUT2D eigenvalue weighted by Gasteiger charge is -2.26. The van der Waals surface area contributed by atoms with Crippen molar-refractivity contribution < 1.29 is 4.79 Å². The number of rotatable bonds is 5. The maximum absolute atomic E-state index is 12.5. The number of benzene rings is 1. The molecular weight excluding hydrogens is 312 g/mol. The van der Waals surface area contributed by atoms with Crippen LogP contribution < -0.4 is 0 Å². The standard InChI is InChI=1S/C20H26N4O/c1-3-18(25)19-15(2)21-20-23(14-13-22-11-7-4-8-12-22)16-9-5-6-10-17(16)24(19)20/h5-6,9-10H,3-4,7-8,11-14H2,1-2H3. The second kappa shape index (κ2) is 6.64. The third-order valence-electron chi connectivity index (χ3n) is 5.36. The SMILES string of the molecule is CCC(=O)c1c(C)nc2n(CCN3CCCCC3)c3ccccc3n12. The molecule has 0 spiro atoms. The molecule has 132 valence electrons. The van der Waals surface area contributed by atoms with E-state index in [-0.39, 0.29) is 5.78 Å². The average Bonchev–Trinajstić information content (AvgIpc) is 3.13. The van der Waals surface area contributed by atoms with Crippen LogP contribution in [0.2, 0.25) is 0 Å². The Morgan fingerprint density at radius 3 is 2.52 bits per heavy atom. The van der Waals surface area contributed by atoms with E-state index in [0.717, 1.165) is 41.3 Å². The van der Waals surface area contributed by atoms with E-state index in [2.05, 4.69) is 32.1 Å². The van der Waals surface area contributed by atoms with Gasteiger partial charge in [-0.15, -0.1) is 0 Å². The van der Waals surface area contributed by atoms with Crippen LogP contribution in [0.25, 0.3) is 16.8 Å². The van der Waals surface area contributed by atoms with Crippen LogP contribution in [0.4, 0.5) is 0 Å². The van der Waals surface area contributed by atoms with E-state index in [1.807, 2.05) is 19.9 Å². The molecule has 0 N–H and O–H groups in total. The highest BCUT2D eigenvalue weighted by Crippen LogP contribution is 2.25. The van der Waals surface area contributed by atoms with Crippen molar-refractivity contribution in [3.05, 3.63) is 35.7 Å². The molecular formula is C20H26N4O. The first kappa shape index (κ1) is 16.3. The predicted octanol–water partition coefficient (Wildman–Crippen LogP) is 3.68. The van der Waals surface area contributed by atoms with E-state index in [1.54, 1.807) is 0 Å². The van der Waals surface area contributed by atoms with Crippen molar-refractivity contribution in [3.8, 4) is 0 Å². The molecule has 25 heavy (non-hydrogen) atoms. The summed E-state index contributed by atoms with van der Waals surface area (Å²) < 4.78 is 4.34. The Kier molecular flexibility index (Phi) is 4.34. The van der Waals surface area contributed by atoms with Crippen LogP contribution in [0.5, 0.6) is 0 Å². The normalized spacial score (nSPS) is 16.1. The minimum atomic E-state index is 0.156. The van der Waals surface area contributed by atoms with Crippen LogP contribution in [0.1, 0.15) is 48.8 Å². The Morgan fingerprint density at radius 2 is 1.80 bits per heavy atom. The van der Waals surface area contributed by atoms with E-state index in [9.17, 15) is 4.79 Å². The van der Waals surface area contributed by atoms with Gasteiger partial charge in [0, 0.05) is 19.5 Å². The van der Waals surface area contributed by atoms with Gasteiger partial charge in [0.05, 0.1) is 16.7 Å². The fourth-order valence-corrected chi connectivity index (χ4v) is 4.05. The fraction of sp³-hybridized carbons (Fsp3) is 0.500. The molecule has 5 heteroatoms. The maximum atomic E-state index is 12.5. The van der Waals surface area contributed by atoms with E-state index >= 15 is 0 Å². The van der Waals surface area contributed by atoms with Gasteiger partial charge in [0.25, 0.3) is 0 Å². The Hall–Kier alpha value is -2.14. The summed E-state index contributed by atoms with van der Waals surface area (Å²) in [6.45, 7) is 8.20. The van der Waals surface area contributed by atoms with Crippen LogP contribution in [0, 0.1) is 6.92 Å². The summed E-state index contributed by atoms with van der Waals surface area (Å²) in [6.07, 6.45) is 4.47. The summed E-state index contributed by atoms with van der Waals surface area (Å²) >= 11 is 0. The first-order valence-electron chi connectivity index (χ1n) is 9.42. The minimum absolute atomic E-state index is 0.156. The molecule has 3 aromatic rings. The molecule has 0 amide bonds. The number of carbonyl (C=O) groups is 1. The molecule has 1 aliphatic rings. The van der Waals surface area contributed by atoms with Gasteiger partial charge in [0.2, 0.25) is 5.78 Å². The lowest BCUT2D eigenvalue weighted by molar-refractivity contribution is 0.0982. The Morgan fingerprint density at radius 1 is 1.08 bits per heavy atom. The third-order valence-corrected chi connectivity index (χ3v) is 5.36. The number of fused-ring (bicyclic) bond motifs is 3. The lowest BCUT2D eigenvalue weighted by atomic mass is 10.1. The molecule has 0 atom stereocenters. The number of para-hydroxylation sites is 2. The van der Waals surface area contributed by atoms with Gasteiger partial charge in [-0.2, -0.15) is 0 Å². The zero-order chi connectivity index (χ0) is 17.4. The van der Waals surface area contributed by atoms with Crippen molar-refractivity contribution in [2.75, 3.05) is 19.6 Å². The van der Waals surface area contributed by atoms with Crippen LogP contribution in [-0.2, 0) is 6.54 Å². The van der Waals surface area contributed by atoms with Gasteiger partial charge >= 0.3 is 0 Å². The van der Waals surface area contributed by atoms with Crippen LogP contribution in [0.3, 0.4) is 0 Å². The topological polar surface area (TPSA) is 42.5 Å². The Labute approximate surface area is 148 Å². The Bertz CT molecular complexity index is 915. The number of aryl methyl sites for hydroxylation is 1. The van der Waals surface area contributed by atoms with Crippen LogP contribution in [-0.4, -0.2) is 44.3 Å². The van der Waals surface area contributed by atoms with Crippen molar-refractivity contribution in [2.45, 2.75) is 46.1 Å². The van der Waals surface area contributed by atoms with E-state index < -0.39 is 0 Å². The van der Waals surface area contributed by atoms with Crippen molar-refractivity contribution >= 4 is 22.6 Å². The lowest BCUT2D eigenvalue weighted by Crippen LogP contribution is -2.32. The number of aromatic nitrogens is 3. The highest BCUT2D eigenvalue weighted by atomic mass is 16.1. The number of piperidine rings is 1. The van der Waals surface area contributed by atoms with E-state index in [0.29, 0.717) is 6.42 Å². The minimum Gasteiger partial charge on any atom is -0.308 e. The summed E-state index contributed by atoms with van der Waals surface area (Å²) in [6, 6.07) is 8.32. The number of nitrogens with zero attached hydrogens (tertiary/aromatic N) is 4. The molecule has 2 aromatic heterocycles. The largest absolute Gasteiger partial charge is 0.308 e. The molecule has 3 heterocycles. The number of carbonyl (C=O) groups excluding carboxylic acids is 1. The van der Waals surface area contributed by atoms with E-state index in [4.69, 9.17) is 4.98 Å². The number of hydrogen-bond acceptors (Lipinski definition) is 3. The smallest absolute Gasteiger partial charge is 0.215 e. The molecule has 1 saturated heterocycles. The second-order valence-corrected chi connectivity index (χ2v) is 7.00. The van der Waals surface area contributed by atoms with Gasteiger partial charge in [-0.25, -0.2) is 4.98 Å². The number of likely N-dealkylation sites (tertiary alicyclic amines) is 1. The molecule has 0 saturated carbocycles. The number of ketones is 1. The molecule has 4 rings (SSSR count). The summed E-state index contributed by atoms with van der Waals surface area (Å²) in [5.74, 6) is 1.05. The molecule has 0 radical (unpaired) electrons. The highest BCUT2D eigenvalue weighted by molar-refractivity contribution is 5.98. The maximum Gasteiger partial charge on any atom is 0.215 e. The van der Waals surface area contributed by atoms with Crippen LogP contribution in [0.15, 0.2) is 24.3 Å². The number of Topliss-reactive ketones (excluding diaryl/α,β-unsaturated/α-hetero) is 1. The summed E-state index contributed by atoms with van der Waals surface area (Å²) in [5, 5.41) is 0. The van der Waals surface area contributed by atoms with Gasteiger partial charge in [-0.3, -0.25) is 9.20 Å². The van der Waals surface area contributed by atoms with Crippen molar-refractivity contribution in [3.63, 3.8) is 0 Å². The molecule has 0 unspecified atom stereocenters. The first-order valence-corrected chi connectivity index (χ1v) is 9.42. The van der Waals surface area contributed by atoms with Crippen molar-refractivity contribution in [1.29, 1.82) is 0 Å². The summed E-state index contributed by atoms with van der Waals surface area (Å²) in [7, 11) is 0. The predicted molar refractivity (Wildman–Crippen MR) is 100 cm³/mol. The van der Waals surface area contributed by atoms with Gasteiger partial charge in [-0.05, 0) is 45.0 Å². The fourth-order valence-electron chi connectivity index (χ4n) is 4.05. The van der Waals surface area contributed by atoms with Crippen molar-refractivity contribution in [2.24, 2.45) is 0 Å². The zero-order valence-corrected chi connectivity index (χ0v) is 15.2. The second-order valence-electron chi connectivity index (χ2n) is 7.00. The van der Waals surface area contributed by atoms with Gasteiger partial charge in [0.15, 0.2) is 5.78 Å². The van der Waals surface area contributed by atoms with Gasteiger partial charge in [0.1, 0.15) is 5.69 Å². The molecule has 1 aliphatic heterocycles. The van der Waals surface area contributed by atoms with E-state index in [1.165, 1.54) is 32.4 Å². The molecule has 1 fully saturated rings. The van der Waals surface area contributed by atoms with Gasteiger partial charge in [-0.1, -0.05) is 25.5 Å². The molecule has 1 aromatic carbocycles. The summed E-state index contributed by atoms with van der Waals surface area (Å²) in [4.78, 5) is 19.8. The van der Waals surface area contributed by atoms with Crippen LogP contribution >= 0.6 is 0 Å². The molecule has 0 aliphatic carbocycles.